The lowest BCUT2D eigenvalue weighted by atomic mass is 10.1. The summed E-state index contributed by atoms with van der Waals surface area (Å²) in [6, 6.07) is 6.73. The Morgan fingerprint density at radius 3 is 2.42 bits per heavy atom. The summed E-state index contributed by atoms with van der Waals surface area (Å²) in [6.07, 6.45) is 3.32. The molecule has 0 bridgehead atoms. The van der Waals surface area contributed by atoms with Crippen LogP contribution < -0.4 is 14.8 Å². The van der Waals surface area contributed by atoms with E-state index in [1.54, 1.807) is 7.11 Å². The van der Waals surface area contributed by atoms with E-state index in [0.717, 1.165) is 43.9 Å². The Balaban J connectivity index is 2.68. The number of rotatable bonds is 9. The standard InChI is InChI=1S/C16H27NO2/c1-5-10-19-16-11-13(8-9-15(16)18-4)12-17-14(6-2)7-3/h8-9,11,14,17H,5-7,10,12H2,1-4H3. The van der Waals surface area contributed by atoms with E-state index in [9.17, 15) is 0 Å². The molecule has 0 heterocycles. The summed E-state index contributed by atoms with van der Waals surface area (Å²) < 4.78 is 11.0. The number of ether oxygens (including phenoxy) is 2. The first kappa shape index (κ1) is 15.8. The number of nitrogens with one attached hydrogen (secondary N) is 1. The van der Waals surface area contributed by atoms with E-state index in [-0.39, 0.29) is 0 Å². The van der Waals surface area contributed by atoms with Crippen LogP contribution >= 0.6 is 0 Å². The van der Waals surface area contributed by atoms with Crippen molar-refractivity contribution in [3.8, 4) is 11.5 Å². The molecule has 1 aromatic rings. The van der Waals surface area contributed by atoms with Gasteiger partial charge in [-0.2, -0.15) is 0 Å². The number of hydrogen-bond acceptors (Lipinski definition) is 3. The average Bonchev–Trinajstić information content (AvgIpc) is 2.46. The molecule has 0 aliphatic heterocycles. The van der Waals surface area contributed by atoms with Gasteiger partial charge in [-0.05, 0) is 37.0 Å². The van der Waals surface area contributed by atoms with Crippen LogP contribution in [0.5, 0.6) is 11.5 Å². The third-order valence-corrected chi connectivity index (χ3v) is 3.27. The highest BCUT2D eigenvalue weighted by molar-refractivity contribution is 5.42. The zero-order valence-electron chi connectivity index (χ0n) is 12.7. The van der Waals surface area contributed by atoms with Crippen molar-refractivity contribution >= 4 is 0 Å². The highest BCUT2D eigenvalue weighted by Crippen LogP contribution is 2.28. The first-order chi connectivity index (χ1) is 9.24. The maximum absolute atomic E-state index is 5.72. The fraction of sp³-hybridized carbons (Fsp3) is 0.625. The molecule has 3 nitrogen and oxygen atoms in total. The predicted octanol–water partition coefficient (Wildman–Crippen LogP) is 3.76. The van der Waals surface area contributed by atoms with Gasteiger partial charge in [-0.25, -0.2) is 0 Å². The Morgan fingerprint density at radius 2 is 1.84 bits per heavy atom. The zero-order chi connectivity index (χ0) is 14.1. The summed E-state index contributed by atoms with van der Waals surface area (Å²) in [5.74, 6) is 1.65. The van der Waals surface area contributed by atoms with Crippen molar-refractivity contribution in [2.24, 2.45) is 0 Å². The number of benzene rings is 1. The van der Waals surface area contributed by atoms with Crippen LogP contribution in [-0.2, 0) is 6.54 Å². The summed E-state index contributed by atoms with van der Waals surface area (Å²) in [6.45, 7) is 8.12. The molecule has 0 aliphatic rings. The number of hydrogen-bond donors (Lipinski definition) is 1. The monoisotopic (exact) mass is 265 g/mol. The van der Waals surface area contributed by atoms with Crippen molar-refractivity contribution in [2.75, 3.05) is 13.7 Å². The molecule has 0 saturated heterocycles. The second-order valence-electron chi connectivity index (χ2n) is 4.73. The smallest absolute Gasteiger partial charge is 0.161 e. The average molecular weight is 265 g/mol. The summed E-state index contributed by atoms with van der Waals surface area (Å²) in [4.78, 5) is 0. The van der Waals surface area contributed by atoms with Gasteiger partial charge >= 0.3 is 0 Å². The molecule has 0 atom stereocenters. The van der Waals surface area contributed by atoms with Crippen LogP contribution in [0.1, 0.15) is 45.6 Å². The lowest BCUT2D eigenvalue weighted by molar-refractivity contribution is 0.294. The Kier molecular flexibility index (Phi) is 7.34. The topological polar surface area (TPSA) is 30.5 Å². The van der Waals surface area contributed by atoms with E-state index >= 15 is 0 Å². The molecule has 0 radical (unpaired) electrons. The Morgan fingerprint density at radius 1 is 1.11 bits per heavy atom. The Hall–Kier alpha value is -1.22. The van der Waals surface area contributed by atoms with Crippen LogP contribution in [0.2, 0.25) is 0 Å². The summed E-state index contributed by atoms with van der Waals surface area (Å²) in [5, 5.41) is 3.56. The SMILES string of the molecule is CCCOc1cc(CNC(CC)CC)ccc1OC. The molecule has 0 aliphatic carbocycles. The van der Waals surface area contributed by atoms with Gasteiger partial charge < -0.3 is 14.8 Å². The van der Waals surface area contributed by atoms with Gasteiger partial charge in [0.25, 0.3) is 0 Å². The number of methoxy groups -OCH3 is 1. The van der Waals surface area contributed by atoms with Crippen LogP contribution in [0.25, 0.3) is 0 Å². The molecule has 0 spiro atoms. The van der Waals surface area contributed by atoms with Crippen molar-refractivity contribution in [1.82, 2.24) is 5.32 Å². The summed E-state index contributed by atoms with van der Waals surface area (Å²) in [5.41, 5.74) is 1.24. The van der Waals surface area contributed by atoms with Crippen LogP contribution in [-0.4, -0.2) is 19.8 Å². The van der Waals surface area contributed by atoms with Gasteiger partial charge in [-0.3, -0.25) is 0 Å². The fourth-order valence-corrected chi connectivity index (χ4v) is 2.00. The molecule has 3 heteroatoms. The molecule has 19 heavy (non-hydrogen) atoms. The van der Waals surface area contributed by atoms with Crippen molar-refractivity contribution < 1.29 is 9.47 Å². The first-order valence-electron chi connectivity index (χ1n) is 7.28. The van der Waals surface area contributed by atoms with Gasteiger partial charge in [0.2, 0.25) is 0 Å². The van der Waals surface area contributed by atoms with E-state index in [1.165, 1.54) is 5.56 Å². The highest BCUT2D eigenvalue weighted by Gasteiger charge is 2.07. The quantitative estimate of drug-likeness (QED) is 0.737. The molecule has 0 saturated carbocycles. The summed E-state index contributed by atoms with van der Waals surface area (Å²) >= 11 is 0. The molecule has 1 rings (SSSR count). The molecular weight excluding hydrogens is 238 g/mol. The van der Waals surface area contributed by atoms with Crippen molar-refractivity contribution in [1.29, 1.82) is 0 Å². The fourth-order valence-electron chi connectivity index (χ4n) is 2.00. The molecule has 1 N–H and O–H groups in total. The summed E-state index contributed by atoms with van der Waals surface area (Å²) in [7, 11) is 1.68. The van der Waals surface area contributed by atoms with E-state index in [4.69, 9.17) is 9.47 Å². The van der Waals surface area contributed by atoms with E-state index < -0.39 is 0 Å². The Bertz CT molecular complexity index is 362. The van der Waals surface area contributed by atoms with Crippen molar-refractivity contribution in [2.45, 2.75) is 52.6 Å². The predicted molar refractivity (Wildman–Crippen MR) is 80.0 cm³/mol. The van der Waals surface area contributed by atoms with Crippen LogP contribution in [0.3, 0.4) is 0 Å². The normalized spacial score (nSPS) is 10.8. The highest BCUT2D eigenvalue weighted by atomic mass is 16.5. The lowest BCUT2D eigenvalue weighted by Gasteiger charge is -2.16. The van der Waals surface area contributed by atoms with Gasteiger partial charge in [-0.15, -0.1) is 0 Å². The largest absolute Gasteiger partial charge is 0.493 e. The van der Waals surface area contributed by atoms with Crippen LogP contribution in [0.15, 0.2) is 18.2 Å². The molecule has 1 aromatic carbocycles. The van der Waals surface area contributed by atoms with Gasteiger partial charge in [-0.1, -0.05) is 26.8 Å². The van der Waals surface area contributed by atoms with E-state index in [0.29, 0.717) is 6.04 Å². The van der Waals surface area contributed by atoms with Crippen molar-refractivity contribution in [3.63, 3.8) is 0 Å². The molecule has 108 valence electrons. The van der Waals surface area contributed by atoms with E-state index in [1.807, 2.05) is 6.07 Å². The van der Waals surface area contributed by atoms with Crippen molar-refractivity contribution in [3.05, 3.63) is 23.8 Å². The molecule has 0 unspecified atom stereocenters. The molecule has 0 fully saturated rings. The van der Waals surface area contributed by atoms with Crippen LogP contribution in [0, 0.1) is 0 Å². The van der Waals surface area contributed by atoms with Gasteiger partial charge in [0.05, 0.1) is 13.7 Å². The minimum absolute atomic E-state index is 0.585. The minimum Gasteiger partial charge on any atom is -0.493 e. The first-order valence-corrected chi connectivity index (χ1v) is 7.28. The van der Waals surface area contributed by atoms with Crippen LogP contribution in [0.4, 0.5) is 0 Å². The van der Waals surface area contributed by atoms with Gasteiger partial charge in [0.1, 0.15) is 0 Å². The third kappa shape index (κ3) is 5.11. The van der Waals surface area contributed by atoms with Gasteiger partial charge in [0, 0.05) is 12.6 Å². The second kappa shape index (κ2) is 8.81. The van der Waals surface area contributed by atoms with Gasteiger partial charge in [0.15, 0.2) is 11.5 Å². The van der Waals surface area contributed by atoms with E-state index in [2.05, 4.69) is 38.2 Å². The molecule has 0 aromatic heterocycles. The maximum Gasteiger partial charge on any atom is 0.161 e. The molecule has 0 amide bonds. The third-order valence-electron chi connectivity index (χ3n) is 3.27. The maximum atomic E-state index is 5.72. The zero-order valence-corrected chi connectivity index (χ0v) is 12.7. The molecular formula is C16H27NO2. The minimum atomic E-state index is 0.585. The second-order valence-corrected chi connectivity index (χ2v) is 4.73. The Labute approximate surface area is 117 Å². The lowest BCUT2D eigenvalue weighted by Crippen LogP contribution is -2.26.